The van der Waals surface area contributed by atoms with Gasteiger partial charge in [0.05, 0.1) is 36.3 Å². The van der Waals surface area contributed by atoms with Gasteiger partial charge in [-0.3, -0.25) is 14.9 Å². The smallest absolute Gasteiger partial charge is 0.336 e. The molecule has 1 heterocycles. The number of fused-ring (bicyclic) bond motifs is 2. The predicted octanol–water partition coefficient (Wildman–Crippen LogP) is 5.69. The number of non-ortho nitro benzene ring substituents is 1. The number of dihydropyridines is 1. The maximum atomic E-state index is 13.7. The molecule has 0 aromatic heterocycles. The summed E-state index contributed by atoms with van der Waals surface area (Å²) in [5.74, 6) is -0.739. The van der Waals surface area contributed by atoms with Crippen molar-refractivity contribution in [2.75, 3.05) is 14.2 Å². The number of nitro groups is 1. The first-order valence-corrected chi connectivity index (χ1v) is 12.7. The van der Waals surface area contributed by atoms with Crippen molar-refractivity contribution in [2.45, 2.75) is 19.4 Å². The van der Waals surface area contributed by atoms with Crippen molar-refractivity contribution in [3.05, 3.63) is 114 Å². The molecule has 5 rings (SSSR count). The first-order chi connectivity index (χ1) is 18.7. The Balaban J connectivity index is 1.58. The highest BCUT2D eigenvalue weighted by Gasteiger charge is 2.43. The number of hydrogen-bond acceptors (Lipinski definition) is 8. The number of halogens is 1. The number of nitro benzene ring substituents is 1. The van der Waals surface area contributed by atoms with E-state index in [0.29, 0.717) is 55.2 Å². The molecule has 0 unspecified atom stereocenters. The van der Waals surface area contributed by atoms with E-state index in [1.165, 1.54) is 26.4 Å². The highest BCUT2D eigenvalue weighted by atomic mass is 79.9. The van der Waals surface area contributed by atoms with Crippen molar-refractivity contribution in [1.82, 2.24) is 5.32 Å². The molecule has 1 aliphatic heterocycles. The number of hydrogen-bond donors (Lipinski definition) is 1. The summed E-state index contributed by atoms with van der Waals surface area (Å²) in [6, 6.07) is 16.9. The monoisotopic (exact) mass is 590 g/mol. The Labute approximate surface area is 232 Å². The summed E-state index contributed by atoms with van der Waals surface area (Å²) in [5, 5.41) is 14.4. The van der Waals surface area contributed by atoms with Crippen LogP contribution >= 0.6 is 15.9 Å². The van der Waals surface area contributed by atoms with Gasteiger partial charge in [0.15, 0.2) is 17.3 Å². The molecule has 1 N–H and O–H groups in total. The summed E-state index contributed by atoms with van der Waals surface area (Å²) >= 11 is 3.62. The van der Waals surface area contributed by atoms with E-state index < -0.39 is 16.8 Å². The molecule has 1 atom stereocenters. The fourth-order valence-electron chi connectivity index (χ4n) is 4.99. The van der Waals surface area contributed by atoms with Crippen LogP contribution < -0.4 is 14.8 Å². The second-order valence-corrected chi connectivity index (χ2v) is 9.85. The first-order valence-electron chi connectivity index (χ1n) is 11.9. The Morgan fingerprint density at radius 1 is 1.05 bits per heavy atom. The van der Waals surface area contributed by atoms with Crippen LogP contribution in [0.15, 0.2) is 82.0 Å². The lowest BCUT2D eigenvalue weighted by Crippen LogP contribution is -2.29. The number of methoxy groups -OCH3 is 2. The van der Waals surface area contributed by atoms with E-state index in [0.717, 1.165) is 5.56 Å². The van der Waals surface area contributed by atoms with Crippen LogP contribution in [-0.2, 0) is 16.1 Å². The molecule has 1 aliphatic carbocycles. The SMILES string of the molecule is COC(=O)C1=C(C)NC2=C(C(=O)c3ccccc32)[C@H]1c1cc(OC)c(OCc2cccc([N+](=O)[O-])c2)cc1Br. The molecule has 0 amide bonds. The normalized spacial score (nSPS) is 15.9. The van der Waals surface area contributed by atoms with Crippen molar-refractivity contribution in [2.24, 2.45) is 0 Å². The Morgan fingerprint density at radius 2 is 1.79 bits per heavy atom. The largest absolute Gasteiger partial charge is 0.493 e. The Bertz CT molecular complexity index is 1610. The highest BCUT2D eigenvalue weighted by Crippen LogP contribution is 2.50. The Morgan fingerprint density at radius 3 is 2.49 bits per heavy atom. The van der Waals surface area contributed by atoms with Gasteiger partial charge in [-0.1, -0.05) is 52.3 Å². The molecule has 10 heteroatoms. The third-order valence-corrected chi connectivity index (χ3v) is 7.45. The molecule has 0 saturated heterocycles. The number of esters is 1. The second-order valence-electron chi connectivity index (χ2n) is 8.99. The molecule has 0 bridgehead atoms. The van der Waals surface area contributed by atoms with Gasteiger partial charge in [0.2, 0.25) is 0 Å². The minimum atomic E-state index is -0.748. The van der Waals surface area contributed by atoms with Gasteiger partial charge >= 0.3 is 5.97 Å². The van der Waals surface area contributed by atoms with Crippen molar-refractivity contribution >= 4 is 39.1 Å². The van der Waals surface area contributed by atoms with Crippen LogP contribution in [0.4, 0.5) is 5.69 Å². The zero-order valence-corrected chi connectivity index (χ0v) is 22.8. The summed E-state index contributed by atoms with van der Waals surface area (Å²) < 4.78 is 17.3. The van der Waals surface area contributed by atoms with Crippen LogP contribution in [0.2, 0.25) is 0 Å². The number of carbonyl (C=O) groups excluding carboxylic acids is 2. The number of ketones is 1. The molecular formula is C29H23BrN2O7. The second kappa shape index (κ2) is 10.4. The zero-order valence-electron chi connectivity index (χ0n) is 21.2. The van der Waals surface area contributed by atoms with Gasteiger partial charge in [-0.15, -0.1) is 0 Å². The van der Waals surface area contributed by atoms with Crippen LogP contribution in [0.3, 0.4) is 0 Å². The first kappa shape index (κ1) is 26.2. The molecular weight excluding hydrogens is 568 g/mol. The summed E-state index contributed by atoms with van der Waals surface area (Å²) in [4.78, 5) is 37.3. The molecule has 198 valence electrons. The fourth-order valence-corrected chi connectivity index (χ4v) is 5.54. The fraction of sp³-hybridized carbons (Fsp3) is 0.172. The average molecular weight is 591 g/mol. The van der Waals surface area contributed by atoms with Crippen LogP contribution in [0.5, 0.6) is 11.5 Å². The van der Waals surface area contributed by atoms with Crippen molar-refractivity contribution in [1.29, 1.82) is 0 Å². The van der Waals surface area contributed by atoms with E-state index in [1.807, 2.05) is 12.1 Å². The molecule has 39 heavy (non-hydrogen) atoms. The maximum absolute atomic E-state index is 13.7. The van der Waals surface area contributed by atoms with Gasteiger partial charge in [0.25, 0.3) is 5.69 Å². The van der Waals surface area contributed by atoms with E-state index in [-0.39, 0.29) is 18.1 Å². The van der Waals surface area contributed by atoms with Crippen molar-refractivity contribution in [3.8, 4) is 11.5 Å². The Hall–Kier alpha value is -4.44. The number of nitrogens with one attached hydrogen (secondary N) is 1. The lowest BCUT2D eigenvalue weighted by atomic mass is 9.79. The molecule has 3 aromatic rings. The van der Waals surface area contributed by atoms with Crippen LogP contribution in [0.1, 0.15) is 39.9 Å². The summed E-state index contributed by atoms with van der Waals surface area (Å²) in [7, 11) is 2.79. The predicted molar refractivity (Wildman–Crippen MR) is 146 cm³/mol. The highest BCUT2D eigenvalue weighted by molar-refractivity contribution is 9.10. The molecule has 0 fully saturated rings. The standard InChI is InChI=1S/C29H23BrN2O7/c1-15-24(29(34)38-3)25(26-27(31-15)18-9-4-5-10-19(18)28(26)33)20-12-22(37-2)23(13-21(20)30)39-14-16-7-6-8-17(11-16)32(35)36/h4-13,25,31H,14H2,1-3H3/t25-/m0/s1. The zero-order chi connectivity index (χ0) is 27.8. The molecule has 0 radical (unpaired) electrons. The lowest BCUT2D eigenvalue weighted by Gasteiger charge is -2.30. The summed E-state index contributed by atoms with van der Waals surface area (Å²) in [6.45, 7) is 1.84. The third-order valence-electron chi connectivity index (χ3n) is 6.76. The number of nitrogens with zero attached hydrogens (tertiary/aromatic N) is 1. The van der Waals surface area contributed by atoms with Crippen LogP contribution in [0.25, 0.3) is 5.70 Å². The quantitative estimate of drug-likeness (QED) is 0.212. The van der Waals surface area contributed by atoms with Gasteiger partial charge in [0, 0.05) is 39.0 Å². The number of carbonyl (C=O) groups is 2. The van der Waals surface area contributed by atoms with E-state index in [1.54, 1.807) is 43.3 Å². The number of rotatable bonds is 7. The third kappa shape index (κ3) is 4.57. The number of benzene rings is 3. The minimum absolute atomic E-state index is 0.0331. The molecule has 0 saturated carbocycles. The van der Waals surface area contributed by atoms with Gasteiger partial charge in [-0.25, -0.2) is 4.79 Å². The topological polar surface area (TPSA) is 117 Å². The van der Waals surface area contributed by atoms with Crippen LogP contribution in [-0.4, -0.2) is 30.9 Å². The molecule has 3 aromatic carbocycles. The molecule has 2 aliphatic rings. The maximum Gasteiger partial charge on any atom is 0.336 e. The number of allylic oxidation sites excluding steroid dienone is 2. The molecule has 0 spiro atoms. The van der Waals surface area contributed by atoms with Gasteiger partial charge in [0.1, 0.15) is 6.61 Å². The van der Waals surface area contributed by atoms with E-state index in [2.05, 4.69) is 21.2 Å². The summed E-state index contributed by atoms with van der Waals surface area (Å²) in [6.07, 6.45) is 0. The number of ether oxygens (including phenoxy) is 3. The van der Waals surface area contributed by atoms with Gasteiger partial charge in [-0.2, -0.15) is 0 Å². The van der Waals surface area contributed by atoms with Crippen molar-refractivity contribution < 1.29 is 28.7 Å². The van der Waals surface area contributed by atoms with Crippen molar-refractivity contribution in [3.63, 3.8) is 0 Å². The lowest BCUT2D eigenvalue weighted by molar-refractivity contribution is -0.384. The number of Topliss-reactive ketones (excluding diaryl/α,β-unsaturated/α-hetero) is 1. The van der Waals surface area contributed by atoms with E-state index in [9.17, 15) is 19.7 Å². The van der Waals surface area contributed by atoms with Gasteiger partial charge < -0.3 is 19.5 Å². The summed E-state index contributed by atoms with van der Waals surface area (Å²) in [5.41, 5.74) is 4.50. The van der Waals surface area contributed by atoms with E-state index >= 15 is 0 Å². The van der Waals surface area contributed by atoms with E-state index in [4.69, 9.17) is 14.2 Å². The Kier molecular flexibility index (Phi) is 6.96. The molecule has 9 nitrogen and oxygen atoms in total. The average Bonchev–Trinajstić information content (AvgIpc) is 3.22. The van der Waals surface area contributed by atoms with Gasteiger partial charge in [-0.05, 0) is 30.2 Å². The van der Waals surface area contributed by atoms with Crippen LogP contribution in [0, 0.1) is 10.1 Å². The minimum Gasteiger partial charge on any atom is -0.493 e.